The predicted octanol–water partition coefficient (Wildman–Crippen LogP) is 13.7. The molecule has 11 aromatic rings. The third-order valence-corrected chi connectivity index (χ3v) is 12.7. The molecule has 0 atom stereocenters. The summed E-state index contributed by atoms with van der Waals surface area (Å²) >= 11 is 0. The fourth-order valence-corrected chi connectivity index (χ4v) is 10.2. The van der Waals surface area contributed by atoms with Gasteiger partial charge in [0.05, 0.1) is 22.1 Å². The van der Waals surface area contributed by atoms with E-state index in [0.717, 1.165) is 82.9 Å². The van der Waals surface area contributed by atoms with E-state index in [4.69, 9.17) is 14.7 Å². The van der Waals surface area contributed by atoms with Crippen molar-refractivity contribution in [1.29, 1.82) is 0 Å². The second-order valence-corrected chi connectivity index (χ2v) is 15.6. The molecule has 0 unspecified atom stereocenters. The molecule has 274 valence electrons. The zero-order valence-corrected chi connectivity index (χ0v) is 31.8. The van der Waals surface area contributed by atoms with Crippen molar-refractivity contribution in [2.75, 3.05) is 0 Å². The summed E-state index contributed by atoms with van der Waals surface area (Å²) < 4.78 is 9.58. The molecular weight excluding hydrogens is 719 g/mol. The van der Waals surface area contributed by atoms with E-state index in [9.17, 15) is 0 Å². The highest BCUT2D eigenvalue weighted by Crippen LogP contribution is 2.63. The van der Waals surface area contributed by atoms with Crippen LogP contribution in [0.1, 0.15) is 22.3 Å². The van der Waals surface area contributed by atoms with Crippen LogP contribution in [-0.2, 0) is 5.41 Å². The first-order valence-corrected chi connectivity index (χ1v) is 20.2. The molecule has 0 bridgehead atoms. The summed E-state index contributed by atoms with van der Waals surface area (Å²) in [4.78, 5) is 11.0. The van der Waals surface area contributed by atoms with Crippen LogP contribution in [0.25, 0.3) is 82.9 Å². The minimum absolute atomic E-state index is 0.597. The van der Waals surface area contributed by atoms with E-state index >= 15 is 0 Å². The van der Waals surface area contributed by atoms with Crippen LogP contribution in [0.2, 0.25) is 0 Å². The van der Waals surface area contributed by atoms with Gasteiger partial charge in [-0.3, -0.25) is 4.57 Å². The number of nitrogens with zero attached hydrogens (tertiary/aromatic N) is 3. The predicted molar refractivity (Wildman–Crippen MR) is 240 cm³/mol. The van der Waals surface area contributed by atoms with E-state index in [1.54, 1.807) is 0 Å². The molecule has 0 N–H and O–H groups in total. The number of hydrogen-bond acceptors (Lipinski definition) is 3. The normalized spacial score (nSPS) is 13.4. The van der Waals surface area contributed by atoms with Crippen molar-refractivity contribution in [3.8, 4) is 51.0 Å². The second-order valence-electron chi connectivity index (χ2n) is 15.6. The molecule has 4 heteroatoms. The minimum Gasteiger partial charge on any atom is -0.454 e. The van der Waals surface area contributed by atoms with Crippen LogP contribution in [0.4, 0.5) is 0 Å². The standard InChI is InChI=1S/C55H33N3O/c1-2-14-34(15-3-1)35-26-28-37(29-27-35)50-43-20-8-12-24-48(43)56-54(57-50)58-51-38-17-5-4-16-36(38)30-31-41(51)42-32-33-47-53(52(42)58)59-49-25-13-11-23-46(49)55(47)44-21-9-6-18-39(44)40-19-7-10-22-45(40)55/h1-33H. The summed E-state index contributed by atoms with van der Waals surface area (Å²) in [5, 5.41) is 5.49. The minimum atomic E-state index is -0.606. The SMILES string of the molecule is c1ccc(-c2ccc(-c3nc(-n4c5c6c(ccc5c5ccc7ccccc7c54)C4(c5ccccc5O6)c5ccccc5-c5ccccc54)nc4ccccc34)cc2)cc1. The van der Waals surface area contributed by atoms with E-state index in [1.165, 1.54) is 27.8 Å². The Kier molecular flexibility index (Phi) is 6.62. The maximum absolute atomic E-state index is 7.29. The number of para-hydroxylation sites is 2. The number of rotatable bonds is 3. The highest BCUT2D eigenvalue weighted by Gasteiger charge is 2.51. The number of fused-ring (bicyclic) bond motifs is 16. The van der Waals surface area contributed by atoms with Crippen LogP contribution in [0.15, 0.2) is 200 Å². The van der Waals surface area contributed by atoms with Crippen molar-refractivity contribution in [3.63, 3.8) is 0 Å². The van der Waals surface area contributed by atoms with Gasteiger partial charge in [0, 0.05) is 38.2 Å². The van der Waals surface area contributed by atoms with Crippen molar-refractivity contribution in [1.82, 2.24) is 14.5 Å². The van der Waals surface area contributed by atoms with E-state index in [1.807, 2.05) is 0 Å². The first kappa shape index (κ1) is 32.3. The molecule has 59 heavy (non-hydrogen) atoms. The Hall–Kier alpha value is -7.82. The third-order valence-electron chi connectivity index (χ3n) is 12.7. The van der Waals surface area contributed by atoms with Gasteiger partial charge in [-0.1, -0.05) is 188 Å². The van der Waals surface area contributed by atoms with Crippen molar-refractivity contribution in [2.45, 2.75) is 5.41 Å². The Labute approximate surface area is 340 Å². The van der Waals surface area contributed by atoms with Gasteiger partial charge in [-0.25, -0.2) is 9.97 Å². The summed E-state index contributed by atoms with van der Waals surface area (Å²) in [6.07, 6.45) is 0. The average molecular weight is 752 g/mol. The number of aromatic nitrogens is 3. The first-order valence-electron chi connectivity index (χ1n) is 20.2. The maximum Gasteiger partial charge on any atom is 0.235 e. The van der Waals surface area contributed by atoms with Crippen molar-refractivity contribution >= 4 is 43.5 Å². The lowest BCUT2D eigenvalue weighted by atomic mass is 9.66. The van der Waals surface area contributed by atoms with E-state index in [-0.39, 0.29) is 0 Å². The van der Waals surface area contributed by atoms with Gasteiger partial charge in [-0.2, -0.15) is 0 Å². The summed E-state index contributed by atoms with van der Waals surface area (Å²) in [5.41, 5.74) is 13.8. The van der Waals surface area contributed by atoms with Gasteiger partial charge in [-0.15, -0.1) is 0 Å². The summed E-state index contributed by atoms with van der Waals surface area (Å²) in [5.74, 6) is 2.26. The Balaban J connectivity index is 1.16. The lowest BCUT2D eigenvalue weighted by Crippen LogP contribution is -2.32. The molecule has 1 aliphatic heterocycles. The molecule has 0 saturated carbocycles. The third kappa shape index (κ3) is 4.37. The molecule has 9 aromatic carbocycles. The zero-order chi connectivity index (χ0) is 38.7. The van der Waals surface area contributed by atoms with Gasteiger partial charge in [0.25, 0.3) is 0 Å². The Morgan fingerprint density at radius 1 is 0.390 bits per heavy atom. The van der Waals surface area contributed by atoms with Gasteiger partial charge in [-0.05, 0) is 50.9 Å². The molecule has 3 heterocycles. The van der Waals surface area contributed by atoms with Gasteiger partial charge < -0.3 is 4.74 Å². The largest absolute Gasteiger partial charge is 0.454 e. The van der Waals surface area contributed by atoms with Crippen molar-refractivity contribution in [3.05, 3.63) is 222 Å². The van der Waals surface area contributed by atoms with Crippen molar-refractivity contribution in [2.24, 2.45) is 0 Å². The molecule has 0 amide bonds. The number of ether oxygens (including phenoxy) is 1. The van der Waals surface area contributed by atoms with E-state index < -0.39 is 5.41 Å². The van der Waals surface area contributed by atoms with Gasteiger partial charge >= 0.3 is 0 Å². The van der Waals surface area contributed by atoms with Crippen molar-refractivity contribution < 1.29 is 4.74 Å². The van der Waals surface area contributed by atoms with Crippen LogP contribution in [0.5, 0.6) is 11.5 Å². The molecule has 0 saturated heterocycles. The van der Waals surface area contributed by atoms with Gasteiger partial charge in [0.15, 0.2) is 5.75 Å². The molecule has 0 fully saturated rings. The quantitative estimate of drug-likeness (QED) is 0.180. The molecule has 4 nitrogen and oxygen atoms in total. The molecule has 13 rings (SSSR count). The van der Waals surface area contributed by atoms with Crippen LogP contribution in [-0.4, -0.2) is 14.5 Å². The molecule has 1 aliphatic carbocycles. The highest BCUT2D eigenvalue weighted by atomic mass is 16.5. The smallest absolute Gasteiger partial charge is 0.235 e. The fraction of sp³-hybridized carbons (Fsp3) is 0.0182. The molecule has 2 aromatic heterocycles. The topological polar surface area (TPSA) is 39.9 Å². The summed E-state index contributed by atoms with van der Waals surface area (Å²) in [6, 6.07) is 71.6. The second kappa shape index (κ2) is 12.1. The van der Waals surface area contributed by atoms with Gasteiger partial charge in [0.2, 0.25) is 5.95 Å². The van der Waals surface area contributed by atoms with Crippen LogP contribution in [0, 0.1) is 0 Å². The monoisotopic (exact) mass is 751 g/mol. The zero-order valence-electron chi connectivity index (χ0n) is 31.8. The Morgan fingerprint density at radius 3 is 1.78 bits per heavy atom. The lowest BCUT2D eigenvalue weighted by molar-refractivity contribution is 0.440. The average Bonchev–Trinajstić information content (AvgIpc) is 3.81. The number of hydrogen-bond donors (Lipinski definition) is 0. The molecule has 2 aliphatic rings. The van der Waals surface area contributed by atoms with E-state index in [0.29, 0.717) is 5.95 Å². The van der Waals surface area contributed by atoms with Crippen LogP contribution >= 0.6 is 0 Å². The highest BCUT2D eigenvalue weighted by molar-refractivity contribution is 6.20. The fourth-order valence-electron chi connectivity index (χ4n) is 10.2. The van der Waals surface area contributed by atoms with E-state index in [2.05, 4.69) is 205 Å². The maximum atomic E-state index is 7.29. The van der Waals surface area contributed by atoms with Gasteiger partial charge in [0.1, 0.15) is 11.3 Å². The summed E-state index contributed by atoms with van der Waals surface area (Å²) in [7, 11) is 0. The Morgan fingerprint density at radius 2 is 0.983 bits per heavy atom. The molecule has 1 spiro atoms. The molecule has 0 radical (unpaired) electrons. The van der Waals surface area contributed by atoms with Crippen LogP contribution < -0.4 is 4.74 Å². The summed E-state index contributed by atoms with van der Waals surface area (Å²) in [6.45, 7) is 0. The lowest BCUT2D eigenvalue weighted by Gasteiger charge is -2.39. The molecular formula is C55H33N3O. The number of benzene rings is 9. The van der Waals surface area contributed by atoms with Crippen LogP contribution in [0.3, 0.4) is 0 Å². The first-order chi connectivity index (χ1) is 29.3. The Bertz CT molecular complexity index is 3480.